The van der Waals surface area contributed by atoms with E-state index >= 15 is 0 Å². The van der Waals surface area contributed by atoms with Gasteiger partial charge >= 0.3 is 5.56 Å². The highest BCUT2D eigenvalue weighted by molar-refractivity contribution is 5.64. The zero-order valence-electron chi connectivity index (χ0n) is 16.5. The van der Waals surface area contributed by atoms with Crippen LogP contribution in [0.1, 0.15) is 16.7 Å². The van der Waals surface area contributed by atoms with Gasteiger partial charge in [-0.1, -0.05) is 6.07 Å². The molecule has 29 heavy (non-hydrogen) atoms. The summed E-state index contributed by atoms with van der Waals surface area (Å²) in [5, 5.41) is 3.11. The number of nitrogens with zero attached hydrogens (tertiary/aromatic N) is 2. The zero-order valence-corrected chi connectivity index (χ0v) is 16.5. The summed E-state index contributed by atoms with van der Waals surface area (Å²) in [5.74, 6) is -0.436. The van der Waals surface area contributed by atoms with Crippen LogP contribution in [-0.4, -0.2) is 23.8 Å². The van der Waals surface area contributed by atoms with Crippen molar-refractivity contribution in [3.8, 4) is 11.5 Å². The van der Waals surface area contributed by atoms with E-state index in [2.05, 4.69) is 10.3 Å². The molecule has 2 aromatic carbocycles. The van der Waals surface area contributed by atoms with Crippen molar-refractivity contribution in [3.05, 3.63) is 75.2 Å². The van der Waals surface area contributed by atoms with Crippen molar-refractivity contribution in [2.75, 3.05) is 19.5 Å². The van der Waals surface area contributed by atoms with Gasteiger partial charge in [-0.25, -0.2) is 8.78 Å². The van der Waals surface area contributed by atoms with Crippen LogP contribution in [0.2, 0.25) is 0 Å². The predicted octanol–water partition coefficient (Wildman–Crippen LogP) is 3.95. The third kappa shape index (κ3) is 4.37. The average molecular weight is 401 g/mol. The Hall–Kier alpha value is -3.42. The summed E-state index contributed by atoms with van der Waals surface area (Å²) in [6.07, 6.45) is 1.45. The van der Waals surface area contributed by atoms with Crippen molar-refractivity contribution in [2.24, 2.45) is 0 Å². The molecule has 0 unspecified atom stereocenters. The lowest BCUT2D eigenvalue weighted by atomic mass is 10.1. The largest absolute Gasteiger partial charge is 0.496 e. The van der Waals surface area contributed by atoms with Gasteiger partial charge in [-0.3, -0.25) is 4.79 Å². The number of hydrogen-bond acceptors (Lipinski definition) is 5. The second-order valence-corrected chi connectivity index (χ2v) is 6.56. The maximum absolute atomic E-state index is 13.6. The fourth-order valence-corrected chi connectivity index (χ4v) is 3.13. The Morgan fingerprint density at radius 3 is 2.38 bits per heavy atom. The molecule has 0 saturated carbocycles. The predicted molar refractivity (Wildman–Crippen MR) is 106 cm³/mol. The Balaban J connectivity index is 2.06. The van der Waals surface area contributed by atoms with E-state index in [1.54, 1.807) is 11.7 Å². The number of aromatic nitrogens is 2. The topological polar surface area (TPSA) is 65.4 Å². The fraction of sp³-hybridized carbons (Fsp3) is 0.238. The molecule has 0 fully saturated rings. The molecule has 3 aromatic rings. The molecule has 152 valence electrons. The highest BCUT2D eigenvalue weighted by Crippen LogP contribution is 2.31. The van der Waals surface area contributed by atoms with Crippen molar-refractivity contribution in [1.82, 2.24) is 9.55 Å². The summed E-state index contributed by atoms with van der Waals surface area (Å²) in [4.78, 5) is 16.2. The second kappa shape index (κ2) is 8.30. The van der Waals surface area contributed by atoms with E-state index in [4.69, 9.17) is 9.47 Å². The minimum absolute atomic E-state index is 0.0191. The highest BCUT2D eigenvalue weighted by Gasteiger charge is 2.14. The minimum atomic E-state index is -0.686. The average Bonchev–Trinajstić information content (AvgIpc) is 2.65. The number of aryl methyl sites for hydroxylation is 1. The molecule has 0 aliphatic rings. The number of anilines is 2. The Kier molecular flexibility index (Phi) is 5.81. The molecule has 0 radical (unpaired) electrons. The molecule has 0 atom stereocenters. The van der Waals surface area contributed by atoms with Gasteiger partial charge in [-0.05, 0) is 43.2 Å². The molecular weight excluding hydrogens is 380 g/mol. The molecule has 1 aromatic heterocycles. The first-order valence-electron chi connectivity index (χ1n) is 8.84. The van der Waals surface area contributed by atoms with Crippen LogP contribution in [0.25, 0.3) is 0 Å². The Morgan fingerprint density at radius 1 is 1.07 bits per heavy atom. The van der Waals surface area contributed by atoms with E-state index in [0.717, 1.165) is 17.2 Å². The Morgan fingerprint density at radius 2 is 1.76 bits per heavy atom. The number of rotatable bonds is 6. The fourth-order valence-electron chi connectivity index (χ4n) is 3.13. The van der Waals surface area contributed by atoms with Crippen LogP contribution in [0.3, 0.4) is 0 Å². The van der Waals surface area contributed by atoms with E-state index in [-0.39, 0.29) is 18.2 Å². The van der Waals surface area contributed by atoms with E-state index in [1.165, 1.54) is 25.4 Å². The van der Waals surface area contributed by atoms with Crippen LogP contribution in [-0.2, 0) is 6.54 Å². The quantitative estimate of drug-likeness (QED) is 0.678. The lowest BCUT2D eigenvalue weighted by molar-refractivity contribution is 0.402. The van der Waals surface area contributed by atoms with E-state index in [9.17, 15) is 13.6 Å². The van der Waals surface area contributed by atoms with Crippen LogP contribution in [0.5, 0.6) is 11.5 Å². The highest BCUT2D eigenvalue weighted by atomic mass is 19.1. The third-order valence-electron chi connectivity index (χ3n) is 4.51. The summed E-state index contributed by atoms with van der Waals surface area (Å²) < 4.78 is 39.2. The molecular formula is C21H21F2N3O3. The maximum atomic E-state index is 13.6. The van der Waals surface area contributed by atoms with Crippen molar-refractivity contribution < 1.29 is 18.3 Å². The molecule has 1 N–H and O–H groups in total. The first kappa shape index (κ1) is 20.3. The number of ether oxygens (including phenoxy) is 2. The van der Waals surface area contributed by atoms with Gasteiger partial charge in [0.15, 0.2) is 0 Å². The molecule has 0 aliphatic heterocycles. The van der Waals surface area contributed by atoms with Crippen LogP contribution in [0, 0.1) is 25.5 Å². The molecule has 0 amide bonds. The number of hydrogen-bond donors (Lipinski definition) is 1. The van der Waals surface area contributed by atoms with Crippen molar-refractivity contribution in [1.29, 1.82) is 0 Å². The lowest BCUT2D eigenvalue weighted by Crippen LogP contribution is -2.19. The van der Waals surface area contributed by atoms with Gasteiger partial charge in [0.05, 0.1) is 27.0 Å². The maximum Gasteiger partial charge on any atom is 0.316 e. The van der Waals surface area contributed by atoms with Gasteiger partial charge in [-0.2, -0.15) is 4.98 Å². The minimum Gasteiger partial charge on any atom is -0.496 e. The molecule has 3 rings (SSSR count). The molecule has 0 spiro atoms. The second-order valence-electron chi connectivity index (χ2n) is 6.56. The first-order chi connectivity index (χ1) is 13.8. The molecule has 1 heterocycles. The normalized spacial score (nSPS) is 10.7. The number of halogens is 2. The standard InChI is InChI=1S/C21H21F2N3O3/c1-12-5-6-17(13(2)19(12)29-4)24-21-25-20(27)18(28-3)11-26(21)10-14-7-15(22)9-16(23)8-14/h5-9,11H,10H2,1-4H3,(H,24,25,27). The van der Waals surface area contributed by atoms with Crippen LogP contribution in [0.15, 0.2) is 41.3 Å². The van der Waals surface area contributed by atoms with Gasteiger partial charge in [0.2, 0.25) is 11.7 Å². The molecule has 6 nitrogen and oxygen atoms in total. The number of nitrogens with one attached hydrogen (secondary N) is 1. The van der Waals surface area contributed by atoms with Crippen LogP contribution in [0.4, 0.5) is 20.4 Å². The van der Waals surface area contributed by atoms with Crippen LogP contribution < -0.4 is 20.3 Å². The summed E-state index contributed by atoms with van der Waals surface area (Å²) >= 11 is 0. The lowest BCUT2D eigenvalue weighted by Gasteiger charge is -2.18. The van der Waals surface area contributed by atoms with E-state index in [1.807, 2.05) is 26.0 Å². The van der Waals surface area contributed by atoms with Crippen LogP contribution >= 0.6 is 0 Å². The Labute approximate surface area is 166 Å². The third-order valence-corrected chi connectivity index (χ3v) is 4.51. The van der Waals surface area contributed by atoms with Crippen molar-refractivity contribution in [3.63, 3.8) is 0 Å². The molecule has 0 saturated heterocycles. The van der Waals surface area contributed by atoms with Gasteiger partial charge in [0.1, 0.15) is 17.4 Å². The van der Waals surface area contributed by atoms with Crippen molar-refractivity contribution >= 4 is 11.6 Å². The van der Waals surface area contributed by atoms with Gasteiger partial charge < -0.3 is 19.4 Å². The van der Waals surface area contributed by atoms with Gasteiger partial charge in [0, 0.05) is 17.3 Å². The zero-order chi connectivity index (χ0) is 21.1. The first-order valence-corrected chi connectivity index (χ1v) is 8.84. The van der Waals surface area contributed by atoms with Gasteiger partial charge in [-0.15, -0.1) is 0 Å². The SMILES string of the molecule is COc1c(C)ccc(Nc2nc(=O)c(OC)cn2Cc2cc(F)cc(F)c2)c1C. The van der Waals surface area contributed by atoms with E-state index in [0.29, 0.717) is 17.0 Å². The molecule has 0 aliphatic carbocycles. The van der Waals surface area contributed by atoms with Gasteiger partial charge in [0.25, 0.3) is 0 Å². The summed E-state index contributed by atoms with van der Waals surface area (Å²) in [5.41, 5.74) is 2.29. The number of methoxy groups -OCH3 is 2. The molecule has 8 heteroatoms. The van der Waals surface area contributed by atoms with E-state index < -0.39 is 17.2 Å². The molecule has 0 bridgehead atoms. The smallest absolute Gasteiger partial charge is 0.316 e. The summed E-state index contributed by atoms with van der Waals surface area (Å²) in [6.45, 7) is 3.88. The van der Waals surface area contributed by atoms with Crippen molar-refractivity contribution in [2.45, 2.75) is 20.4 Å². The Bertz CT molecular complexity index is 1090. The summed E-state index contributed by atoms with van der Waals surface area (Å²) in [6, 6.07) is 6.96. The monoisotopic (exact) mass is 401 g/mol. The summed E-state index contributed by atoms with van der Waals surface area (Å²) in [7, 11) is 2.94. The number of benzene rings is 2.